The molecule has 0 saturated heterocycles. The Morgan fingerprint density at radius 1 is 0.688 bits per heavy atom. The Morgan fingerprint density at radius 3 is 1.31 bits per heavy atom. The molecule has 16 heavy (non-hydrogen) atoms. The van der Waals surface area contributed by atoms with E-state index in [9.17, 15) is 43.9 Å². The van der Waals surface area contributed by atoms with Crippen molar-refractivity contribution in [2.24, 2.45) is 0 Å². The summed E-state index contributed by atoms with van der Waals surface area (Å²) in [5, 5.41) is 0. The number of halogens is 10. The zero-order valence-electron chi connectivity index (χ0n) is 7.19. The highest BCUT2D eigenvalue weighted by atomic mass is 19.4. The highest BCUT2D eigenvalue weighted by Gasteiger charge is 2.74. The van der Waals surface area contributed by atoms with E-state index < -0.39 is 37.0 Å². The zero-order valence-corrected chi connectivity index (χ0v) is 7.19. The van der Waals surface area contributed by atoms with Crippen molar-refractivity contribution in [3.05, 3.63) is 0 Å². The van der Waals surface area contributed by atoms with Crippen LogP contribution in [0.3, 0.4) is 0 Å². The molecule has 10 heteroatoms. The first-order valence-corrected chi connectivity index (χ1v) is 3.53. The Balaban J connectivity index is 5.07. The summed E-state index contributed by atoms with van der Waals surface area (Å²) in [6.07, 6.45) is -9.91. The minimum atomic E-state index is -6.69. The van der Waals surface area contributed by atoms with Crippen LogP contribution in [0.5, 0.6) is 0 Å². The van der Waals surface area contributed by atoms with Gasteiger partial charge in [-0.3, -0.25) is 0 Å². The number of rotatable bonds is 4. The van der Waals surface area contributed by atoms with Gasteiger partial charge in [-0.1, -0.05) is 0 Å². The molecular formula is C6H4F10. The molecule has 0 aliphatic rings. The van der Waals surface area contributed by atoms with Crippen LogP contribution in [-0.2, 0) is 0 Å². The van der Waals surface area contributed by atoms with Crippen LogP contribution in [0.4, 0.5) is 43.9 Å². The molecule has 0 aliphatic heterocycles. The highest BCUT2D eigenvalue weighted by Crippen LogP contribution is 2.50. The van der Waals surface area contributed by atoms with E-state index in [1.54, 1.807) is 0 Å². The van der Waals surface area contributed by atoms with Crippen LogP contribution in [0.25, 0.3) is 0 Å². The monoisotopic (exact) mass is 266 g/mol. The van der Waals surface area contributed by atoms with Gasteiger partial charge in [0.25, 0.3) is 5.92 Å². The molecule has 0 fully saturated rings. The summed E-state index contributed by atoms with van der Waals surface area (Å²) in [4.78, 5) is 0. The quantitative estimate of drug-likeness (QED) is 0.678. The average molecular weight is 266 g/mol. The van der Waals surface area contributed by atoms with Crippen LogP contribution in [-0.4, -0.2) is 30.6 Å². The van der Waals surface area contributed by atoms with Gasteiger partial charge in [0.15, 0.2) is 6.67 Å². The Kier molecular flexibility index (Phi) is 3.78. The first-order valence-electron chi connectivity index (χ1n) is 3.53. The fourth-order valence-corrected chi connectivity index (χ4v) is 0.690. The summed E-state index contributed by atoms with van der Waals surface area (Å²) in [5.74, 6) is -17.7. The van der Waals surface area contributed by atoms with Gasteiger partial charge in [-0.25, -0.2) is 13.2 Å². The van der Waals surface area contributed by atoms with Crippen molar-refractivity contribution < 1.29 is 43.9 Å². The predicted molar refractivity (Wildman–Crippen MR) is 31.5 cm³/mol. The minimum absolute atomic E-state index is 2.75. The topological polar surface area (TPSA) is 0 Å². The molecular weight excluding hydrogens is 262 g/mol. The van der Waals surface area contributed by atoms with Crippen molar-refractivity contribution in [3.63, 3.8) is 0 Å². The van der Waals surface area contributed by atoms with Gasteiger partial charge in [-0.2, -0.15) is 30.7 Å². The molecule has 98 valence electrons. The van der Waals surface area contributed by atoms with E-state index >= 15 is 0 Å². The van der Waals surface area contributed by atoms with Crippen molar-refractivity contribution in [2.45, 2.75) is 30.4 Å². The van der Waals surface area contributed by atoms with Crippen LogP contribution in [0.1, 0.15) is 6.42 Å². The lowest BCUT2D eigenvalue weighted by molar-refractivity contribution is -0.363. The molecule has 0 atom stereocenters. The predicted octanol–water partition coefficient (Wildman–Crippen LogP) is 3.81. The highest BCUT2D eigenvalue weighted by molar-refractivity contribution is 4.94. The largest absolute Gasteiger partial charge is 0.459 e. The third kappa shape index (κ3) is 2.91. The SMILES string of the molecule is FCC(F)(F)CC(F)(F)C(F)(F)C(F)(F)F. The lowest BCUT2D eigenvalue weighted by atomic mass is 10.0. The molecule has 0 radical (unpaired) electrons. The van der Waals surface area contributed by atoms with Gasteiger partial charge in [-0.15, -0.1) is 0 Å². The maximum absolute atomic E-state index is 12.3. The van der Waals surface area contributed by atoms with Crippen LogP contribution < -0.4 is 0 Å². The Bertz CT molecular complexity index is 238. The van der Waals surface area contributed by atoms with Gasteiger partial charge in [0.1, 0.15) is 0 Å². The lowest BCUT2D eigenvalue weighted by Gasteiger charge is -2.29. The van der Waals surface area contributed by atoms with Gasteiger partial charge in [0.05, 0.1) is 6.42 Å². The molecule has 0 rings (SSSR count). The second-order valence-electron chi connectivity index (χ2n) is 2.94. The first kappa shape index (κ1) is 15.3. The van der Waals surface area contributed by atoms with Crippen molar-refractivity contribution >= 4 is 0 Å². The molecule has 0 bridgehead atoms. The van der Waals surface area contributed by atoms with Crippen LogP contribution in [0, 0.1) is 0 Å². The van der Waals surface area contributed by atoms with Crippen molar-refractivity contribution in [3.8, 4) is 0 Å². The first-order chi connectivity index (χ1) is 6.77. The second kappa shape index (κ2) is 3.95. The summed E-state index contributed by atoms with van der Waals surface area (Å²) in [5.41, 5.74) is 0. The average Bonchev–Trinajstić information content (AvgIpc) is 2.00. The molecule has 0 N–H and O–H groups in total. The summed E-state index contributed by atoms with van der Waals surface area (Å²) < 4.78 is 118. The molecule has 0 heterocycles. The molecule has 0 aromatic heterocycles. The third-order valence-electron chi connectivity index (χ3n) is 1.49. The van der Waals surface area contributed by atoms with E-state index in [4.69, 9.17) is 0 Å². The molecule has 0 spiro atoms. The number of hydrogen-bond acceptors (Lipinski definition) is 0. The summed E-state index contributed by atoms with van der Waals surface area (Å²) in [7, 11) is 0. The van der Waals surface area contributed by atoms with Gasteiger partial charge in [0.2, 0.25) is 0 Å². The molecule has 0 amide bonds. The second-order valence-corrected chi connectivity index (χ2v) is 2.94. The van der Waals surface area contributed by atoms with E-state index in [2.05, 4.69) is 0 Å². The zero-order chi connectivity index (χ0) is 13.4. The Morgan fingerprint density at radius 2 is 1.06 bits per heavy atom. The van der Waals surface area contributed by atoms with E-state index in [1.165, 1.54) is 0 Å². The van der Waals surface area contributed by atoms with Crippen LogP contribution >= 0.6 is 0 Å². The fraction of sp³-hybridized carbons (Fsp3) is 1.00. The van der Waals surface area contributed by atoms with Gasteiger partial charge in [0, 0.05) is 0 Å². The Hall–Kier alpha value is -0.700. The van der Waals surface area contributed by atoms with Crippen molar-refractivity contribution in [1.29, 1.82) is 0 Å². The Labute approximate surface area is 82.2 Å². The molecule has 0 aromatic carbocycles. The molecule has 0 unspecified atom stereocenters. The van der Waals surface area contributed by atoms with Gasteiger partial charge < -0.3 is 0 Å². The van der Waals surface area contributed by atoms with Gasteiger partial charge in [-0.05, 0) is 0 Å². The lowest BCUT2D eigenvalue weighted by Crippen LogP contribution is -2.54. The summed E-state index contributed by atoms with van der Waals surface area (Å²) >= 11 is 0. The van der Waals surface area contributed by atoms with Crippen LogP contribution in [0.15, 0.2) is 0 Å². The normalized spacial score (nSPS) is 15.4. The maximum Gasteiger partial charge on any atom is 0.459 e. The minimum Gasteiger partial charge on any atom is -0.244 e. The standard InChI is InChI=1S/C6H4F10/c7-2-3(8,9)1-4(10,11)5(12,13)6(14,15)16/h1-2H2. The fourth-order valence-electron chi connectivity index (χ4n) is 0.690. The van der Waals surface area contributed by atoms with Crippen molar-refractivity contribution in [2.75, 3.05) is 6.67 Å². The van der Waals surface area contributed by atoms with Gasteiger partial charge >= 0.3 is 18.0 Å². The van der Waals surface area contributed by atoms with Crippen molar-refractivity contribution in [1.82, 2.24) is 0 Å². The summed E-state index contributed by atoms with van der Waals surface area (Å²) in [6, 6.07) is 0. The molecule has 0 aromatic rings. The van der Waals surface area contributed by atoms with Crippen LogP contribution in [0.2, 0.25) is 0 Å². The number of alkyl halides is 10. The molecule has 0 nitrogen and oxygen atoms in total. The third-order valence-corrected chi connectivity index (χ3v) is 1.49. The summed E-state index contributed by atoms with van der Waals surface area (Å²) in [6.45, 7) is -2.75. The van der Waals surface area contributed by atoms with E-state index in [-0.39, 0.29) is 0 Å². The molecule has 0 aliphatic carbocycles. The van der Waals surface area contributed by atoms with E-state index in [0.29, 0.717) is 0 Å². The van der Waals surface area contributed by atoms with E-state index in [0.717, 1.165) is 0 Å². The maximum atomic E-state index is 12.3. The number of hydrogen-bond donors (Lipinski definition) is 0. The smallest absolute Gasteiger partial charge is 0.244 e. The molecule has 0 saturated carbocycles. The van der Waals surface area contributed by atoms with E-state index in [1.807, 2.05) is 0 Å².